The van der Waals surface area contributed by atoms with E-state index in [0.29, 0.717) is 18.2 Å². The van der Waals surface area contributed by atoms with Gasteiger partial charge in [0, 0.05) is 32.7 Å². The van der Waals surface area contributed by atoms with Gasteiger partial charge in [-0.25, -0.2) is 0 Å². The van der Waals surface area contributed by atoms with Crippen molar-refractivity contribution < 1.29 is 13.9 Å². The summed E-state index contributed by atoms with van der Waals surface area (Å²) in [5.74, 6) is 1.84. The SMILES string of the molecule is O=C1CCCN1[C@@H]1CN(Cc2ccco2)C[C@@H]2CCCO[C@@H]21. The maximum absolute atomic E-state index is 12.2. The van der Waals surface area contributed by atoms with Gasteiger partial charge in [0.25, 0.3) is 0 Å². The standard InChI is InChI=1S/C17H24N2O3/c20-16-6-1-7-19(16)15-12-18(11-14-5-3-8-21-14)10-13-4-2-9-22-17(13)15/h3,5,8,13,15,17H,1-2,4,6-7,9-12H2/t13-,15+,17-/m0/s1. The van der Waals surface area contributed by atoms with E-state index in [2.05, 4.69) is 9.80 Å². The van der Waals surface area contributed by atoms with Gasteiger partial charge in [0.15, 0.2) is 0 Å². The lowest BCUT2D eigenvalue weighted by molar-refractivity contribution is -0.145. The molecule has 1 aromatic rings. The van der Waals surface area contributed by atoms with Crippen molar-refractivity contribution >= 4 is 5.91 Å². The van der Waals surface area contributed by atoms with Crippen LogP contribution in [0.5, 0.6) is 0 Å². The molecule has 0 radical (unpaired) electrons. The molecule has 0 bridgehead atoms. The van der Waals surface area contributed by atoms with Crippen LogP contribution in [0.3, 0.4) is 0 Å². The monoisotopic (exact) mass is 304 g/mol. The van der Waals surface area contributed by atoms with Crippen LogP contribution >= 0.6 is 0 Å². The number of hydrogen-bond donors (Lipinski definition) is 0. The predicted molar refractivity (Wildman–Crippen MR) is 81.2 cm³/mol. The third kappa shape index (κ3) is 2.68. The number of fused-ring (bicyclic) bond motifs is 1. The molecule has 5 heteroatoms. The Morgan fingerprint density at radius 1 is 1.27 bits per heavy atom. The van der Waals surface area contributed by atoms with Gasteiger partial charge in [0.05, 0.1) is 25.0 Å². The number of piperidine rings is 1. The molecule has 22 heavy (non-hydrogen) atoms. The first kappa shape index (κ1) is 14.3. The normalized spacial score (nSPS) is 33.2. The van der Waals surface area contributed by atoms with Crippen molar-refractivity contribution in [2.24, 2.45) is 5.92 Å². The van der Waals surface area contributed by atoms with Crippen LogP contribution in [0.1, 0.15) is 31.4 Å². The van der Waals surface area contributed by atoms with E-state index in [0.717, 1.165) is 51.4 Å². The first-order valence-corrected chi connectivity index (χ1v) is 8.47. The lowest BCUT2D eigenvalue weighted by atomic mass is 9.84. The van der Waals surface area contributed by atoms with Crippen LogP contribution in [0, 0.1) is 5.92 Å². The topological polar surface area (TPSA) is 45.9 Å². The molecule has 1 amide bonds. The Bertz CT molecular complexity index is 516. The van der Waals surface area contributed by atoms with Crippen molar-refractivity contribution in [3.05, 3.63) is 24.2 Å². The van der Waals surface area contributed by atoms with Crippen molar-refractivity contribution in [1.82, 2.24) is 9.80 Å². The minimum absolute atomic E-state index is 0.212. The third-order valence-corrected chi connectivity index (χ3v) is 5.28. The molecule has 4 heterocycles. The third-order valence-electron chi connectivity index (χ3n) is 5.28. The number of ether oxygens (including phenoxy) is 1. The average molecular weight is 304 g/mol. The highest BCUT2D eigenvalue weighted by atomic mass is 16.5. The fourth-order valence-corrected chi connectivity index (χ4v) is 4.31. The molecule has 4 rings (SSSR count). The van der Waals surface area contributed by atoms with E-state index in [1.165, 1.54) is 6.42 Å². The summed E-state index contributed by atoms with van der Waals surface area (Å²) in [5, 5.41) is 0. The maximum atomic E-state index is 12.2. The molecule has 0 saturated carbocycles. The largest absolute Gasteiger partial charge is 0.468 e. The second-order valence-electron chi connectivity index (χ2n) is 6.77. The molecule has 0 N–H and O–H groups in total. The minimum Gasteiger partial charge on any atom is -0.468 e. The van der Waals surface area contributed by atoms with Crippen LogP contribution in [-0.2, 0) is 16.1 Å². The van der Waals surface area contributed by atoms with Gasteiger partial charge in [-0.2, -0.15) is 0 Å². The van der Waals surface area contributed by atoms with E-state index < -0.39 is 0 Å². The summed E-state index contributed by atoms with van der Waals surface area (Å²) in [5.41, 5.74) is 0. The highest BCUT2D eigenvalue weighted by Crippen LogP contribution is 2.33. The molecule has 120 valence electrons. The van der Waals surface area contributed by atoms with E-state index in [9.17, 15) is 4.79 Å². The van der Waals surface area contributed by atoms with E-state index in [4.69, 9.17) is 9.15 Å². The van der Waals surface area contributed by atoms with Crippen LogP contribution < -0.4 is 0 Å². The predicted octanol–water partition coefficient (Wildman–Crippen LogP) is 1.88. The Morgan fingerprint density at radius 3 is 3.00 bits per heavy atom. The van der Waals surface area contributed by atoms with Gasteiger partial charge >= 0.3 is 0 Å². The Hall–Kier alpha value is -1.33. The van der Waals surface area contributed by atoms with Gasteiger partial charge in [0.2, 0.25) is 5.91 Å². The van der Waals surface area contributed by atoms with Gasteiger partial charge < -0.3 is 14.1 Å². The minimum atomic E-state index is 0.212. The summed E-state index contributed by atoms with van der Waals surface area (Å²) in [7, 11) is 0. The molecular weight excluding hydrogens is 280 g/mol. The van der Waals surface area contributed by atoms with Gasteiger partial charge in [-0.3, -0.25) is 9.69 Å². The van der Waals surface area contributed by atoms with E-state index in [1.54, 1.807) is 6.26 Å². The Morgan fingerprint density at radius 2 is 2.23 bits per heavy atom. The summed E-state index contributed by atoms with van der Waals surface area (Å²) in [6.45, 7) is 4.51. The van der Waals surface area contributed by atoms with Crippen LogP contribution in [-0.4, -0.2) is 54.1 Å². The highest BCUT2D eigenvalue weighted by molar-refractivity contribution is 5.78. The number of furan rings is 1. The molecule has 5 nitrogen and oxygen atoms in total. The van der Waals surface area contributed by atoms with Crippen molar-refractivity contribution in [3.8, 4) is 0 Å². The van der Waals surface area contributed by atoms with Gasteiger partial charge in [-0.1, -0.05) is 0 Å². The van der Waals surface area contributed by atoms with Crippen molar-refractivity contribution in [1.29, 1.82) is 0 Å². The molecule has 0 aliphatic carbocycles. The van der Waals surface area contributed by atoms with E-state index in [-0.39, 0.29) is 12.1 Å². The van der Waals surface area contributed by atoms with Crippen LogP contribution in [0.25, 0.3) is 0 Å². The zero-order valence-corrected chi connectivity index (χ0v) is 12.9. The van der Waals surface area contributed by atoms with E-state index >= 15 is 0 Å². The Balaban J connectivity index is 1.52. The molecule has 0 unspecified atom stereocenters. The highest BCUT2D eigenvalue weighted by Gasteiger charge is 2.44. The van der Waals surface area contributed by atoms with Gasteiger partial charge in [0.1, 0.15) is 5.76 Å². The van der Waals surface area contributed by atoms with Crippen LogP contribution in [0.4, 0.5) is 0 Å². The lowest BCUT2D eigenvalue weighted by Crippen LogP contribution is -2.61. The fraction of sp³-hybridized carbons (Fsp3) is 0.706. The summed E-state index contributed by atoms with van der Waals surface area (Å²) < 4.78 is 11.6. The molecule has 3 atom stereocenters. The lowest BCUT2D eigenvalue weighted by Gasteiger charge is -2.48. The summed E-state index contributed by atoms with van der Waals surface area (Å²) in [6, 6.07) is 4.18. The molecule has 3 saturated heterocycles. The number of carbonyl (C=O) groups is 1. The van der Waals surface area contributed by atoms with Crippen LogP contribution in [0.15, 0.2) is 22.8 Å². The Kier molecular flexibility index (Phi) is 3.92. The number of nitrogens with zero attached hydrogens (tertiary/aromatic N) is 2. The molecule has 1 aromatic heterocycles. The smallest absolute Gasteiger partial charge is 0.223 e. The second kappa shape index (κ2) is 6.05. The van der Waals surface area contributed by atoms with Crippen molar-refractivity contribution in [2.45, 2.75) is 44.4 Å². The molecular formula is C17H24N2O3. The first-order chi connectivity index (χ1) is 10.8. The Labute approximate surface area is 131 Å². The molecule has 0 aromatic carbocycles. The number of amides is 1. The van der Waals surface area contributed by atoms with Gasteiger partial charge in [-0.05, 0) is 37.3 Å². The zero-order chi connectivity index (χ0) is 14.9. The summed E-state index contributed by atoms with van der Waals surface area (Å²) >= 11 is 0. The molecule has 3 fully saturated rings. The van der Waals surface area contributed by atoms with Gasteiger partial charge in [-0.15, -0.1) is 0 Å². The van der Waals surface area contributed by atoms with Crippen LogP contribution in [0.2, 0.25) is 0 Å². The summed E-state index contributed by atoms with van der Waals surface area (Å²) in [6.07, 6.45) is 5.99. The number of hydrogen-bond acceptors (Lipinski definition) is 4. The molecule has 0 spiro atoms. The second-order valence-corrected chi connectivity index (χ2v) is 6.77. The fourth-order valence-electron chi connectivity index (χ4n) is 4.31. The molecule has 3 aliphatic rings. The quantitative estimate of drug-likeness (QED) is 0.855. The maximum Gasteiger partial charge on any atom is 0.223 e. The van der Waals surface area contributed by atoms with Crippen molar-refractivity contribution in [2.75, 3.05) is 26.2 Å². The zero-order valence-electron chi connectivity index (χ0n) is 12.9. The number of rotatable bonds is 3. The number of carbonyl (C=O) groups excluding carboxylic acids is 1. The number of likely N-dealkylation sites (tertiary alicyclic amines) is 2. The molecule has 3 aliphatic heterocycles. The van der Waals surface area contributed by atoms with Crippen molar-refractivity contribution in [3.63, 3.8) is 0 Å². The first-order valence-electron chi connectivity index (χ1n) is 8.47. The summed E-state index contributed by atoms with van der Waals surface area (Å²) in [4.78, 5) is 16.7. The average Bonchev–Trinajstić information content (AvgIpc) is 3.18. The van der Waals surface area contributed by atoms with E-state index in [1.807, 2.05) is 12.1 Å².